The van der Waals surface area contributed by atoms with Crippen molar-refractivity contribution in [3.63, 3.8) is 0 Å². The Kier molecular flexibility index (Phi) is 25.0. The molecule has 8 heteroatoms. The summed E-state index contributed by atoms with van der Waals surface area (Å²) in [6, 6.07) is 26.6. The molecule has 0 fully saturated rings. The Labute approximate surface area is 488 Å². The lowest BCUT2D eigenvalue weighted by atomic mass is 9.86. The zero-order valence-electron chi connectivity index (χ0n) is 49.2. The Balaban J connectivity index is 1.41. The van der Waals surface area contributed by atoms with Crippen molar-refractivity contribution < 1.29 is 0 Å². The predicted octanol–water partition coefficient (Wildman–Crippen LogP) is 23.1. The summed E-state index contributed by atoms with van der Waals surface area (Å²) in [5, 5.41) is 74.9. The number of benzene rings is 3. The van der Waals surface area contributed by atoms with Gasteiger partial charge in [-0.05, 0) is 68.1 Å². The molecule has 418 valence electrons. The van der Waals surface area contributed by atoms with Gasteiger partial charge in [0, 0.05) is 30.9 Å². The van der Waals surface area contributed by atoms with Gasteiger partial charge in [0.1, 0.15) is 47.6 Å². The number of fused-ring (bicyclic) bond motifs is 8. The number of allylic oxidation sites excluding steroid dienone is 4. The van der Waals surface area contributed by atoms with Gasteiger partial charge in [0.25, 0.3) is 0 Å². The van der Waals surface area contributed by atoms with Crippen LogP contribution in [0.25, 0.3) is 74.4 Å². The van der Waals surface area contributed by atoms with E-state index in [4.69, 9.17) is 0 Å². The van der Waals surface area contributed by atoms with Crippen LogP contribution in [0.15, 0.2) is 47.5 Å². The molecule has 0 aliphatic heterocycles. The number of nitriles is 6. The second kappa shape index (κ2) is 32.4. The van der Waals surface area contributed by atoms with Gasteiger partial charge >= 0.3 is 0 Å². The summed E-state index contributed by atoms with van der Waals surface area (Å²) >= 11 is 3.20. The molecule has 2 aromatic heterocycles. The molecule has 2 atom stereocenters. The molecule has 0 saturated heterocycles. The molecular weight excluding hydrogens is 1010 g/mol. The van der Waals surface area contributed by atoms with Crippen LogP contribution in [0.4, 0.5) is 0 Å². The van der Waals surface area contributed by atoms with E-state index in [1.54, 1.807) is 22.7 Å². The first-order valence-corrected chi connectivity index (χ1v) is 33.3. The minimum Gasteiger partial charge on any atom is -0.192 e. The van der Waals surface area contributed by atoms with Crippen molar-refractivity contribution in [2.75, 3.05) is 0 Å². The van der Waals surface area contributed by atoms with Crippen LogP contribution in [0.2, 0.25) is 0 Å². The molecule has 0 bridgehead atoms. The van der Waals surface area contributed by atoms with E-state index in [1.165, 1.54) is 191 Å². The summed E-state index contributed by atoms with van der Waals surface area (Å²) < 4.78 is 2.22. The van der Waals surface area contributed by atoms with Crippen LogP contribution < -0.4 is 0 Å². The van der Waals surface area contributed by atoms with Gasteiger partial charge in [0.15, 0.2) is 0 Å². The monoisotopic (exact) mass is 1100 g/mol. The maximum absolute atomic E-state index is 10.9. The van der Waals surface area contributed by atoms with E-state index in [9.17, 15) is 31.6 Å². The lowest BCUT2D eigenvalue weighted by Gasteiger charge is -2.18. The standard InChI is InChI=1S/C72H88N6S2/c1-5-9-13-17-21-23-27-31-37-51(35-29-25-19-15-11-7-3)43-59-65-55-39-33-41-57-63(55)67(71(65)79-69(59)61(49-77)53(45-73)46-74)58-42-34-40-56-64(58)68(57)72-66(56)60(70(80-72)62(50-78)54(47-75)48-76)44-52(36-30-26-20-16-12-8-4)38-32-28-24-22-18-14-10-6-2/h33-34,39-42,51-52H,5-32,35-38,43-44H2,1-4H3. The Morgan fingerprint density at radius 1 is 0.338 bits per heavy atom. The van der Waals surface area contributed by atoms with Crippen LogP contribution in [0.3, 0.4) is 0 Å². The van der Waals surface area contributed by atoms with Crippen LogP contribution in [-0.2, 0) is 12.8 Å². The van der Waals surface area contributed by atoms with Crippen LogP contribution in [-0.4, -0.2) is 0 Å². The zero-order chi connectivity index (χ0) is 56.6. The van der Waals surface area contributed by atoms with E-state index in [2.05, 4.69) is 101 Å². The molecule has 7 aromatic rings. The van der Waals surface area contributed by atoms with Crippen molar-refractivity contribution >= 4 is 97.1 Å². The Bertz CT molecular complexity index is 3190. The fourth-order valence-electron chi connectivity index (χ4n) is 13.4. The summed E-state index contributed by atoms with van der Waals surface area (Å²) in [6.45, 7) is 9.08. The lowest BCUT2D eigenvalue weighted by Crippen LogP contribution is -2.07. The molecule has 7 rings (SSSR count). The molecule has 6 nitrogen and oxygen atoms in total. The SMILES string of the molecule is CCCCCCCCCCC(CCCCCCCC)Cc1c(C(C#N)=C(C#N)C#N)sc2c1c1cccc3c1c2c1cccc2c4c(CC(CCCCCCCC)CCCCCCCCCC)c(C(C#N)=C(C#N)C#N)sc4c3c21. The highest BCUT2D eigenvalue weighted by Gasteiger charge is 2.32. The van der Waals surface area contributed by atoms with E-state index in [-0.39, 0.29) is 22.3 Å². The van der Waals surface area contributed by atoms with Gasteiger partial charge in [-0.1, -0.05) is 270 Å². The Morgan fingerprint density at radius 2 is 0.600 bits per heavy atom. The van der Waals surface area contributed by atoms with Crippen LogP contribution in [0.1, 0.15) is 254 Å². The highest BCUT2D eigenvalue weighted by molar-refractivity contribution is 7.22. The van der Waals surface area contributed by atoms with Gasteiger partial charge in [-0.3, -0.25) is 0 Å². The molecule has 2 unspecified atom stereocenters. The van der Waals surface area contributed by atoms with Gasteiger partial charge in [0.05, 0.1) is 20.9 Å². The van der Waals surface area contributed by atoms with Crippen molar-refractivity contribution in [1.82, 2.24) is 0 Å². The van der Waals surface area contributed by atoms with E-state index < -0.39 is 0 Å². The maximum atomic E-state index is 10.9. The van der Waals surface area contributed by atoms with Crippen molar-refractivity contribution in [1.29, 1.82) is 31.6 Å². The smallest absolute Gasteiger partial charge is 0.148 e. The molecule has 0 amide bonds. The van der Waals surface area contributed by atoms with Gasteiger partial charge in [-0.15, -0.1) is 22.7 Å². The average Bonchev–Trinajstić information content (AvgIpc) is 4.38. The topological polar surface area (TPSA) is 143 Å². The number of nitrogens with zero attached hydrogens (tertiary/aromatic N) is 6. The van der Waals surface area contributed by atoms with Gasteiger partial charge < -0.3 is 0 Å². The highest BCUT2D eigenvalue weighted by Crippen LogP contribution is 2.56. The zero-order valence-corrected chi connectivity index (χ0v) is 50.8. The van der Waals surface area contributed by atoms with E-state index >= 15 is 0 Å². The first-order chi connectivity index (χ1) is 39.4. The lowest BCUT2D eigenvalue weighted by molar-refractivity contribution is 0.401. The van der Waals surface area contributed by atoms with Gasteiger partial charge in [0.2, 0.25) is 0 Å². The van der Waals surface area contributed by atoms with Crippen molar-refractivity contribution in [2.24, 2.45) is 11.8 Å². The second-order valence-electron chi connectivity index (χ2n) is 23.4. The molecule has 80 heavy (non-hydrogen) atoms. The third-order valence-corrected chi connectivity index (χ3v) is 20.2. The van der Waals surface area contributed by atoms with Crippen LogP contribution in [0, 0.1) is 79.8 Å². The fraction of sp³-hybridized carbons (Fsp3) is 0.556. The van der Waals surface area contributed by atoms with Gasteiger partial charge in [-0.2, -0.15) is 31.6 Å². The third-order valence-electron chi connectivity index (χ3n) is 17.6. The number of hydrogen-bond acceptors (Lipinski definition) is 8. The maximum Gasteiger partial charge on any atom is 0.148 e. The molecule has 0 aliphatic carbocycles. The first-order valence-electron chi connectivity index (χ1n) is 31.6. The van der Waals surface area contributed by atoms with E-state index in [1.807, 2.05) is 0 Å². The molecule has 5 aromatic carbocycles. The molecule has 0 radical (unpaired) electrons. The fourth-order valence-corrected chi connectivity index (χ4v) is 16.2. The number of unbranched alkanes of at least 4 members (excludes halogenated alkanes) is 24. The Hall–Kier alpha value is -6.00. The molecule has 2 heterocycles. The van der Waals surface area contributed by atoms with Crippen LogP contribution in [0.5, 0.6) is 0 Å². The van der Waals surface area contributed by atoms with Crippen molar-refractivity contribution in [2.45, 2.75) is 246 Å². The second-order valence-corrected chi connectivity index (χ2v) is 25.4. The minimum atomic E-state index is -0.130. The summed E-state index contributed by atoms with van der Waals surface area (Å²) in [5.41, 5.74) is 2.32. The third kappa shape index (κ3) is 14.5. The number of rotatable bonds is 38. The summed E-state index contributed by atoms with van der Waals surface area (Å²) in [4.78, 5) is 1.54. The molecule has 0 saturated carbocycles. The molecule has 0 N–H and O–H groups in total. The van der Waals surface area contributed by atoms with Gasteiger partial charge in [-0.25, -0.2) is 0 Å². The van der Waals surface area contributed by atoms with Crippen molar-refractivity contribution in [3.8, 4) is 36.4 Å². The summed E-state index contributed by atoms with van der Waals surface area (Å²) in [5.74, 6) is 0.791. The largest absolute Gasteiger partial charge is 0.192 e. The van der Waals surface area contributed by atoms with E-state index in [0.29, 0.717) is 11.8 Å². The van der Waals surface area contributed by atoms with E-state index in [0.717, 1.165) is 112 Å². The minimum absolute atomic E-state index is 0.130. The molecule has 0 aliphatic rings. The first kappa shape index (κ1) is 61.6. The van der Waals surface area contributed by atoms with Crippen molar-refractivity contribution in [3.05, 3.63) is 68.4 Å². The summed E-state index contributed by atoms with van der Waals surface area (Å²) in [7, 11) is 0. The average molecular weight is 1100 g/mol. The number of thiophene rings is 2. The molecule has 0 spiro atoms. The van der Waals surface area contributed by atoms with Crippen LogP contribution >= 0.6 is 22.7 Å². The normalized spacial score (nSPS) is 12.3. The quantitative estimate of drug-likeness (QED) is 0.0214. The molecular formula is C72H88N6S2. The highest BCUT2D eigenvalue weighted by atomic mass is 32.1. The predicted molar refractivity (Wildman–Crippen MR) is 342 cm³/mol. The number of hydrogen-bond donors (Lipinski definition) is 0. The Morgan fingerprint density at radius 3 is 0.863 bits per heavy atom. The summed E-state index contributed by atoms with van der Waals surface area (Å²) in [6.07, 6.45) is 41.1.